The first kappa shape index (κ1) is 20.8. The van der Waals surface area contributed by atoms with E-state index in [9.17, 15) is 22.8 Å². The number of halogens is 3. The maximum atomic E-state index is 13.1. The summed E-state index contributed by atoms with van der Waals surface area (Å²) in [5.74, 6) is -0.189. The number of nitrogens with one attached hydrogen (secondary N) is 1. The van der Waals surface area contributed by atoms with E-state index < -0.39 is 11.7 Å². The summed E-state index contributed by atoms with van der Waals surface area (Å²) >= 11 is 0. The van der Waals surface area contributed by atoms with Gasteiger partial charge in [-0.05, 0) is 49.2 Å². The number of hydrogen-bond donors (Lipinski definition) is 1. The van der Waals surface area contributed by atoms with Crippen molar-refractivity contribution in [1.29, 1.82) is 0 Å². The predicted molar refractivity (Wildman–Crippen MR) is 107 cm³/mol. The monoisotopic (exact) mass is 431 g/mol. The van der Waals surface area contributed by atoms with Gasteiger partial charge >= 0.3 is 6.18 Å². The van der Waals surface area contributed by atoms with Crippen LogP contribution < -0.4 is 5.32 Å². The molecule has 7 nitrogen and oxygen atoms in total. The van der Waals surface area contributed by atoms with Gasteiger partial charge in [-0.2, -0.15) is 13.2 Å². The molecule has 0 bridgehead atoms. The minimum absolute atomic E-state index is 0.177. The largest absolute Gasteiger partial charge is 0.417 e. The van der Waals surface area contributed by atoms with Crippen LogP contribution in [0.15, 0.2) is 42.6 Å². The van der Waals surface area contributed by atoms with Crippen molar-refractivity contribution >= 4 is 23.1 Å². The summed E-state index contributed by atoms with van der Waals surface area (Å²) in [5, 5.41) is 10.7. The number of rotatable bonds is 3. The lowest BCUT2D eigenvalue weighted by Gasteiger charge is -2.32. The van der Waals surface area contributed by atoms with E-state index in [0.717, 1.165) is 12.3 Å². The number of aromatic nitrogens is 3. The smallest absolute Gasteiger partial charge is 0.338 e. The molecule has 1 fully saturated rings. The maximum absolute atomic E-state index is 13.1. The topological polar surface area (TPSA) is 79.6 Å². The second-order valence-electron chi connectivity index (χ2n) is 7.55. The third-order valence-electron chi connectivity index (χ3n) is 5.28. The van der Waals surface area contributed by atoms with Crippen LogP contribution >= 0.6 is 0 Å². The summed E-state index contributed by atoms with van der Waals surface area (Å²) in [4.78, 5) is 25.8. The number of carbonyl (C=O) groups excluding carboxylic acids is 2. The molecule has 2 aromatic heterocycles. The lowest BCUT2D eigenvalue weighted by molar-refractivity contribution is -0.137. The number of anilines is 1. The Morgan fingerprint density at radius 1 is 1.10 bits per heavy atom. The summed E-state index contributed by atoms with van der Waals surface area (Å²) in [5.41, 5.74) is 0.625. The Bertz CT molecular complexity index is 1120. The number of alkyl halides is 3. The zero-order valence-electron chi connectivity index (χ0n) is 16.7. The number of pyridine rings is 1. The molecule has 1 atom stereocenters. The molecule has 4 rings (SSSR count). The fraction of sp³-hybridized carbons (Fsp3) is 0.333. The van der Waals surface area contributed by atoms with Gasteiger partial charge < -0.3 is 10.2 Å². The highest BCUT2D eigenvalue weighted by atomic mass is 19.4. The molecule has 162 valence electrons. The number of likely N-dealkylation sites (tertiary alicyclic amines) is 1. The normalized spacial score (nSPS) is 17.0. The first-order valence-corrected chi connectivity index (χ1v) is 9.81. The van der Waals surface area contributed by atoms with E-state index in [1.54, 1.807) is 29.2 Å². The molecule has 2 amide bonds. The van der Waals surface area contributed by atoms with Crippen molar-refractivity contribution in [3.05, 3.63) is 59.5 Å². The zero-order valence-corrected chi connectivity index (χ0v) is 16.7. The van der Waals surface area contributed by atoms with Crippen LogP contribution in [0.3, 0.4) is 0 Å². The molecule has 0 spiro atoms. The highest BCUT2D eigenvalue weighted by Crippen LogP contribution is 2.31. The van der Waals surface area contributed by atoms with Crippen LogP contribution in [0.5, 0.6) is 0 Å². The van der Waals surface area contributed by atoms with Gasteiger partial charge in [0.2, 0.25) is 5.91 Å². The predicted octanol–water partition coefficient (Wildman–Crippen LogP) is 3.73. The summed E-state index contributed by atoms with van der Waals surface area (Å²) < 4.78 is 40.7. The molecule has 31 heavy (non-hydrogen) atoms. The molecule has 1 aliphatic rings. The number of nitrogens with zero attached hydrogens (tertiary/aromatic N) is 4. The van der Waals surface area contributed by atoms with Crippen molar-refractivity contribution in [3.63, 3.8) is 0 Å². The van der Waals surface area contributed by atoms with Crippen LogP contribution in [0, 0.1) is 0 Å². The Hall–Kier alpha value is -3.43. The van der Waals surface area contributed by atoms with Crippen LogP contribution in [0.1, 0.15) is 47.4 Å². The van der Waals surface area contributed by atoms with Gasteiger partial charge in [0, 0.05) is 43.4 Å². The molecule has 1 saturated heterocycles. The molecule has 1 aliphatic heterocycles. The number of benzene rings is 1. The van der Waals surface area contributed by atoms with Gasteiger partial charge in [0.15, 0.2) is 5.65 Å². The van der Waals surface area contributed by atoms with Crippen molar-refractivity contribution in [2.75, 3.05) is 18.4 Å². The van der Waals surface area contributed by atoms with E-state index in [1.807, 2.05) is 0 Å². The lowest BCUT2D eigenvalue weighted by atomic mass is 9.96. The third-order valence-corrected chi connectivity index (χ3v) is 5.28. The van der Waals surface area contributed by atoms with Crippen LogP contribution in [0.25, 0.3) is 5.65 Å². The number of piperidine rings is 1. The minimum Gasteiger partial charge on any atom is -0.338 e. The van der Waals surface area contributed by atoms with E-state index in [4.69, 9.17) is 0 Å². The van der Waals surface area contributed by atoms with E-state index in [2.05, 4.69) is 15.5 Å². The molecular formula is C21H20F3N5O2. The first-order valence-electron chi connectivity index (χ1n) is 9.81. The second kappa shape index (κ2) is 8.01. The van der Waals surface area contributed by atoms with Crippen LogP contribution in [0.2, 0.25) is 0 Å². The van der Waals surface area contributed by atoms with Gasteiger partial charge in [0.1, 0.15) is 5.82 Å². The quantitative estimate of drug-likeness (QED) is 0.686. The molecule has 1 N–H and O–H groups in total. The Morgan fingerprint density at radius 3 is 2.52 bits per heavy atom. The summed E-state index contributed by atoms with van der Waals surface area (Å²) in [6.07, 6.45) is -2.06. The minimum atomic E-state index is -4.46. The molecule has 0 aliphatic carbocycles. The average molecular weight is 431 g/mol. The van der Waals surface area contributed by atoms with Crippen LogP contribution in [-0.2, 0) is 11.0 Å². The van der Waals surface area contributed by atoms with Gasteiger partial charge in [-0.3, -0.25) is 14.0 Å². The van der Waals surface area contributed by atoms with Gasteiger partial charge in [-0.1, -0.05) is 0 Å². The van der Waals surface area contributed by atoms with Gasteiger partial charge in [0.25, 0.3) is 5.91 Å². The highest BCUT2D eigenvalue weighted by molar-refractivity contribution is 5.95. The Balaban J connectivity index is 1.54. The molecular weight excluding hydrogens is 411 g/mol. The Labute approximate surface area is 175 Å². The molecule has 1 unspecified atom stereocenters. The highest BCUT2D eigenvalue weighted by Gasteiger charge is 2.33. The van der Waals surface area contributed by atoms with Crippen molar-refractivity contribution < 1.29 is 22.8 Å². The third kappa shape index (κ3) is 4.37. The SMILES string of the molecule is CC(=O)Nc1ccc(C(=O)N2CCCC(c3nnc4ccc(C(F)(F)F)cn34)C2)cc1. The number of hydrogen-bond acceptors (Lipinski definition) is 4. The fourth-order valence-corrected chi connectivity index (χ4v) is 3.81. The summed E-state index contributed by atoms with van der Waals surface area (Å²) in [6.45, 7) is 2.29. The van der Waals surface area contributed by atoms with E-state index in [1.165, 1.54) is 17.4 Å². The molecule has 0 radical (unpaired) electrons. The van der Waals surface area contributed by atoms with Gasteiger partial charge in [0.05, 0.1) is 5.56 Å². The van der Waals surface area contributed by atoms with E-state index in [0.29, 0.717) is 48.7 Å². The molecule has 10 heteroatoms. The number of carbonyl (C=O) groups is 2. The summed E-state index contributed by atoms with van der Waals surface area (Å²) in [6, 6.07) is 8.86. The average Bonchev–Trinajstić information content (AvgIpc) is 3.16. The van der Waals surface area contributed by atoms with Gasteiger partial charge in [-0.15, -0.1) is 10.2 Å². The molecule has 3 aromatic rings. The van der Waals surface area contributed by atoms with Crippen molar-refractivity contribution in [2.45, 2.75) is 31.9 Å². The van der Waals surface area contributed by atoms with E-state index >= 15 is 0 Å². The standard InChI is InChI=1S/C21H20F3N5O2/c1-13(30)25-17-7-4-14(5-8-17)20(31)28-10-2-3-15(11-28)19-27-26-18-9-6-16(12-29(18)19)21(22,23)24/h4-9,12,15H,2-3,10-11H2,1H3,(H,25,30). The van der Waals surface area contributed by atoms with Crippen molar-refractivity contribution in [2.24, 2.45) is 0 Å². The van der Waals surface area contributed by atoms with Crippen molar-refractivity contribution in [1.82, 2.24) is 19.5 Å². The summed E-state index contributed by atoms with van der Waals surface area (Å²) in [7, 11) is 0. The van der Waals surface area contributed by atoms with Crippen molar-refractivity contribution in [3.8, 4) is 0 Å². The van der Waals surface area contributed by atoms with Crippen LogP contribution in [0.4, 0.5) is 18.9 Å². The lowest BCUT2D eigenvalue weighted by Crippen LogP contribution is -2.39. The second-order valence-corrected chi connectivity index (χ2v) is 7.55. The van der Waals surface area contributed by atoms with E-state index in [-0.39, 0.29) is 17.7 Å². The number of amides is 2. The molecule has 1 aromatic carbocycles. The first-order chi connectivity index (χ1) is 14.7. The molecule has 3 heterocycles. The maximum Gasteiger partial charge on any atom is 0.417 e. The zero-order chi connectivity index (χ0) is 22.2. The fourth-order valence-electron chi connectivity index (χ4n) is 3.81. The Kier molecular flexibility index (Phi) is 5.38. The Morgan fingerprint density at radius 2 is 1.84 bits per heavy atom. The van der Waals surface area contributed by atoms with Gasteiger partial charge in [-0.25, -0.2) is 0 Å². The number of fused-ring (bicyclic) bond motifs is 1. The molecule has 0 saturated carbocycles. The van der Waals surface area contributed by atoms with Crippen LogP contribution in [-0.4, -0.2) is 44.4 Å².